The molecule has 16 heavy (non-hydrogen) atoms. The monoisotopic (exact) mass is 222 g/mol. The molecule has 1 aromatic heterocycles. The highest BCUT2D eigenvalue weighted by molar-refractivity contribution is 5.93. The van der Waals surface area contributed by atoms with Gasteiger partial charge < -0.3 is 9.21 Å². The zero-order valence-electron chi connectivity index (χ0n) is 9.70. The number of hydrogen-bond acceptors (Lipinski definition) is 3. The number of carbonyl (C=O) groups excluding carboxylic acids is 2. The van der Waals surface area contributed by atoms with Gasteiger partial charge in [0.1, 0.15) is 5.78 Å². The molecule has 0 N–H and O–H groups in total. The van der Waals surface area contributed by atoms with Crippen molar-refractivity contribution < 1.29 is 14.0 Å². The Morgan fingerprint density at radius 1 is 1.12 bits per heavy atom. The third-order valence-electron chi connectivity index (χ3n) is 2.48. The molecule has 0 radical (unpaired) electrons. The normalized spacial score (nSPS) is 10.3. The van der Waals surface area contributed by atoms with Crippen molar-refractivity contribution in [2.45, 2.75) is 45.4 Å². The van der Waals surface area contributed by atoms with E-state index in [1.165, 1.54) is 6.26 Å². The summed E-state index contributed by atoms with van der Waals surface area (Å²) in [6.07, 6.45) is 6.53. The van der Waals surface area contributed by atoms with Crippen LogP contribution in [-0.2, 0) is 4.79 Å². The lowest BCUT2D eigenvalue weighted by atomic mass is 10.1. The first-order valence-electron chi connectivity index (χ1n) is 5.76. The smallest absolute Gasteiger partial charge is 0.197 e. The van der Waals surface area contributed by atoms with Gasteiger partial charge in [-0.2, -0.15) is 0 Å². The molecule has 3 heteroatoms. The first-order valence-corrected chi connectivity index (χ1v) is 5.76. The molecule has 0 amide bonds. The van der Waals surface area contributed by atoms with E-state index < -0.39 is 0 Å². The maximum atomic E-state index is 11.5. The molecule has 0 aromatic carbocycles. The van der Waals surface area contributed by atoms with Crippen LogP contribution in [0, 0.1) is 0 Å². The van der Waals surface area contributed by atoms with Gasteiger partial charge in [0.25, 0.3) is 0 Å². The van der Waals surface area contributed by atoms with Gasteiger partial charge in [0.2, 0.25) is 0 Å². The van der Waals surface area contributed by atoms with Crippen molar-refractivity contribution in [3.05, 3.63) is 24.2 Å². The molecular formula is C13H18O3. The number of hydrogen-bond donors (Lipinski definition) is 0. The summed E-state index contributed by atoms with van der Waals surface area (Å²) in [5, 5.41) is 0. The summed E-state index contributed by atoms with van der Waals surface area (Å²) < 4.78 is 5.01. The fourth-order valence-corrected chi connectivity index (χ4v) is 1.57. The van der Waals surface area contributed by atoms with E-state index in [0.717, 1.165) is 25.7 Å². The number of Topliss-reactive ketones (excluding diaryl/α,β-unsaturated/α-hetero) is 2. The van der Waals surface area contributed by atoms with Crippen molar-refractivity contribution in [3.8, 4) is 0 Å². The fraction of sp³-hybridized carbons (Fsp3) is 0.538. The summed E-state index contributed by atoms with van der Waals surface area (Å²) in [4.78, 5) is 22.2. The summed E-state index contributed by atoms with van der Waals surface area (Å²) in [6.45, 7) is 1.61. The van der Waals surface area contributed by atoms with Crippen LogP contribution < -0.4 is 0 Å². The molecule has 0 aliphatic carbocycles. The molecule has 0 fully saturated rings. The first kappa shape index (κ1) is 12.7. The minimum Gasteiger partial charge on any atom is -0.461 e. The van der Waals surface area contributed by atoms with Gasteiger partial charge in [0.05, 0.1) is 6.26 Å². The lowest BCUT2D eigenvalue weighted by Gasteiger charge is -1.99. The van der Waals surface area contributed by atoms with Crippen LogP contribution in [-0.4, -0.2) is 11.6 Å². The summed E-state index contributed by atoms with van der Waals surface area (Å²) in [5.41, 5.74) is 0. The van der Waals surface area contributed by atoms with E-state index in [0.29, 0.717) is 18.6 Å². The Morgan fingerprint density at radius 3 is 2.38 bits per heavy atom. The van der Waals surface area contributed by atoms with E-state index in [1.54, 1.807) is 19.1 Å². The van der Waals surface area contributed by atoms with Crippen LogP contribution in [0.5, 0.6) is 0 Å². The van der Waals surface area contributed by atoms with Crippen molar-refractivity contribution in [1.82, 2.24) is 0 Å². The average molecular weight is 222 g/mol. The highest BCUT2D eigenvalue weighted by Gasteiger charge is 2.07. The third-order valence-corrected chi connectivity index (χ3v) is 2.48. The Morgan fingerprint density at radius 2 is 1.81 bits per heavy atom. The quantitative estimate of drug-likeness (QED) is 0.500. The van der Waals surface area contributed by atoms with E-state index in [-0.39, 0.29) is 11.6 Å². The van der Waals surface area contributed by atoms with E-state index in [2.05, 4.69) is 0 Å². The topological polar surface area (TPSA) is 47.3 Å². The Labute approximate surface area is 95.8 Å². The van der Waals surface area contributed by atoms with Crippen molar-refractivity contribution in [2.24, 2.45) is 0 Å². The number of carbonyl (C=O) groups is 2. The average Bonchev–Trinajstić information content (AvgIpc) is 2.75. The maximum absolute atomic E-state index is 11.5. The minimum absolute atomic E-state index is 0.0663. The van der Waals surface area contributed by atoms with Crippen LogP contribution in [0.25, 0.3) is 0 Å². The number of unbranched alkanes of at least 4 members (excludes halogenated alkanes) is 3. The van der Waals surface area contributed by atoms with Crippen LogP contribution in [0.4, 0.5) is 0 Å². The molecule has 1 rings (SSSR count). The highest BCUT2D eigenvalue weighted by Crippen LogP contribution is 2.10. The predicted octanol–water partition coefficient (Wildman–Crippen LogP) is 3.39. The maximum Gasteiger partial charge on any atom is 0.197 e. The van der Waals surface area contributed by atoms with Gasteiger partial charge in [0.15, 0.2) is 11.5 Å². The Balaban J connectivity index is 2.03. The fourth-order valence-electron chi connectivity index (χ4n) is 1.57. The highest BCUT2D eigenvalue weighted by atomic mass is 16.3. The molecule has 0 saturated carbocycles. The van der Waals surface area contributed by atoms with Gasteiger partial charge in [-0.25, -0.2) is 0 Å². The van der Waals surface area contributed by atoms with Crippen LogP contribution in [0.2, 0.25) is 0 Å². The summed E-state index contributed by atoms with van der Waals surface area (Å²) >= 11 is 0. The van der Waals surface area contributed by atoms with E-state index in [4.69, 9.17) is 4.42 Å². The molecule has 1 aromatic rings. The lowest BCUT2D eigenvalue weighted by Crippen LogP contribution is -1.96. The van der Waals surface area contributed by atoms with Crippen molar-refractivity contribution in [3.63, 3.8) is 0 Å². The van der Waals surface area contributed by atoms with Crippen LogP contribution in [0.3, 0.4) is 0 Å². The first-order chi connectivity index (χ1) is 7.70. The summed E-state index contributed by atoms with van der Waals surface area (Å²) in [6, 6.07) is 3.41. The molecule has 0 spiro atoms. The van der Waals surface area contributed by atoms with Crippen LogP contribution >= 0.6 is 0 Å². The zero-order chi connectivity index (χ0) is 11.8. The van der Waals surface area contributed by atoms with Gasteiger partial charge in [-0.1, -0.05) is 12.8 Å². The van der Waals surface area contributed by atoms with Crippen molar-refractivity contribution >= 4 is 11.6 Å². The van der Waals surface area contributed by atoms with Gasteiger partial charge in [-0.3, -0.25) is 4.79 Å². The Kier molecular flexibility index (Phi) is 5.54. The van der Waals surface area contributed by atoms with Crippen molar-refractivity contribution in [1.29, 1.82) is 0 Å². The molecule has 3 nitrogen and oxygen atoms in total. The summed E-state index contributed by atoms with van der Waals surface area (Å²) in [7, 11) is 0. The Hall–Kier alpha value is -1.38. The second-order valence-corrected chi connectivity index (χ2v) is 4.02. The molecule has 1 heterocycles. The molecule has 88 valence electrons. The zero-order valence-corrected chi connectivity index (χ0v) is 9.70. The molecule has 0 bridgehead atoms. The second kappa shape index (κ2) is 6.99. The largest absolute Gasteiger partial charge is 0.461 e. The molecule has 0 aliphatic heterocycles. The molecule has 0 atom stereocenters. The van der Waals surface area contributed by atoms with Gasteiger partial charge >= 0.3 is 0 Å². The molecular weight excluding hydrogens is 204 g/mol. The minimum atomic E-state index is 0.0663. The number of furan rings is 1. The van der Waals surface area contributed by atoms with Gasteiger partial charge in [-0.05, 0) is 31.9 Å². The standard InChI is InChI=1S/C13H18O3/c1-11(14)7-4-2-3-5-8-12(15)13-9-6-10-16-13/h6,9-10H,2-5,7-8H2,1H3. The second-order valence-electron chi connectivity index (χ2n) is 4.02. The molecule has 0 aliphatic rings. The van der Waals surface area contributed by atoms with Crippen LogP contribution in [0.1, 0.15) is 56.0 Å². The Bertz CT molecular complexity index is 325. The van der Waals surface area contributed by atoms with E-state index in [1.807, 2.05) is 0 Å². The number of rotatable bonds is 8. The van der Waals surface area contributed by atoms with Gasteiger partial charge in [-0.15, -0.1) is 0 Å². The SMILES string of the molecule is CC(=O)CCCCCCC(=O)c1ccco1. The van der Waals surface area contributed by atoms with Gasteiger partial charge in [0, 0.05) is 12.8 Å². The number of ketones is 2. The third kappa shape index (κ3) is 4.91. The van der Waals surface area contributed by atoms with Crippen LogP contribution in [0.15, 0.2) is 22.8 Å². The van der Waals surface area contributed by atoms with E-state index >= 15 is 0 Å². The summed E-state index contributed by atoms with van der Waals surface area (Å²) in [5.74, 6) is 0.756. The van der Waals surface area contributed by atoms with E-state index in [9.17, 15) is 9.59 Å². The molecule has 0 unspecified atom stereocenters. The van der Waals surface area contributed by atoms with Crippen molar-refractivity contribution in [2.75, 3.05) is 0 Å². The predicted molar refractivity (Wildman–Crippen MR) is 61.4 cm³/mol. The molecule has 0 saturated heterocycles. The lowest BCUT2D eigenvalue weighted by molar-refractivity contribution is -0.117.